The van der Waals surface area contributed by atoms with E-state index in [0.29, 0.717) is 6.04 Å². The molecule has 1 amide bonds. The van der Waals surface area contributed by atoms with Crippen LogP contribution in [0.3, 0.4) is 0 Å². The molecule has 2 atom stereocenters. The summed E-state index contributed by atoms with van der Waals surface area (Å²) in [6.45, 7) is 9.25. The van der Waals surface area contributed by atoms with E-state index in [1.807, 2.05) is 11.1 Å². The van der Waals surface area contributed by atoms with Gasteiger partial charge in [0.2, 0.25) is 5.91 Å². The molecule has 0 radical (unpaired) electrons. The summed E-state index contributed by atoms with van der Waals surface area (Å²) >= 11 is 1.73. The predicted octanol–water partition coefficient (Wildman–Crippen LogP) is 2.76. The number of hydrogen-bond acceptors (Lipinski definition) is 4. The first-order valence-electron chi connectivity index (χ1n) is 7.54. The van der Waals surface area contributed by atoms with Crippen molar-refractivity contribution in [2.24, 2.45) is 0 Å². The lowest BCUT2D eigenvalue weighted by Crippen LogP contribution is -2.52. The molecule has 1 N–H and O–H groups in total. The Hall–Kier alpha value is -0.940. The van der Waals surface area contributed by atoms with Crippen LogP contribution in [0.1, 0.15) is 56.5 Å². The molecule has 0 spiro atoms. The van der Waals surface area contributed by atoms with Crippen LogP contribution in [0.4, 0.5) is 0 Å². The SMILES string of the molecule is CCc1cnc(C(C)N2CCCC(NC(C)C)C2=O)s1. The van der Waals surface area contributed by atoms with Crippen LogP contribution < -0.4 is 5.32 Å². The van der Waals surface area contributed by atoms with E-state index in [4.69, 9.17) is 0 Å². The van der Waals surface area contributed by atoms with Crippen molar-refractivity contribution in [3.63, 3.8) is 0 Å². The van der Waals surface area contributed by atoms with E-state index in [0.717, 1.165) is 30.8 Å². The van der Waals surface area contributed by atoms with Gasteiger partial charge >= 0.3 is 0 Å². The second-order valence-electron chi connectivity index (χ2n) is 5.74. The lowest BCUT2D eigenvalue weighted by Gasteiger charge is -2.36. The number of nitrogens with one attached hydrogen (secondary N) is 1. The summed E-state index contributed by atoms with van der Waals surface area (Å²) in [4.78, 5) is 20.4. The van der Waals surface area contributed by atoms with Crippen LogP contribution in [0.25, 0.3) is 0 Å². The monoisotopic (exact) mass is 295 g/mol. The van der Waals surface area contributed by atoms with Crippen molar-refractivity contribution in [1.82, 2.24) is 15.2 Å². The molecule has 2 rings (SSSR count). The quantitative estimate of drug-likeness (QED) is 0.908. The lowest BCUT2D eigenvalue weighted by atomic mass is 10.0. The molecule has 1 aliphatic heterocycles. The van der Waals surface area contributed by atoms with Crippen LogP contribution in [-0.4, -0.2) is 34.4 Å². The van der Waals surface area contributed by atoms with Gasteiger partial charge in [0.15, 0.2) is 0 Å². The van der Waals surface area contributed by atoms with E-state index in [-0.39, 0.29) is 18.0 Å². The van der Waals surface area contributed by atoms with Gasteiger partial charge in [-0.25, -0.2) is 4.98 Å². The zero-order valence-corrected chi connectivity index (χ0v) is 13.7. The third kappa shape index (κ3) is 3.38. The number of carbonyl (C=O) groups is 1. The van der Waals surface area contributed by atoms with E-state index in [1.165, 1.54) is 4.88 Å². The zero-order valence-electron chi connectivity index (χ0n) is 12.8. The Bertz CT molecular complexity index is 458. The molecule has 0 bridgehead atoms. The fraction of sp³-hybridized carbons (Fsp3) is 0.733. The van der Waals surface area contributed by atoms with E-state index < -0.39 is 0 Å². The van der Waals surface area contributed by atoms with Crippen LogP contribution in [0, 0.1) is 0 Å². The van der Waals surface area contributed by atoms with Crippen molar-refractivity contribution in [2.75, 3.05) is 6.54 Å². The standard InChI is InChI=1S/C15H25N3OS/c1-5-12-9-16-14(20-12)11(4)18-8-6-7-13(15(18)19)17-10(2)3/h9-11,13,17H,5-8H2,1-4H3. The van der Waals surface area contributed by atoms with Gasteiger partial charge < -0.3 is 10.2 Å². The predicted molar refractivity (Wildman–Crippen MR) is 82.9 cm³/mol. The van der Waals surface area contributed by atoms with Crippen LogP contribution >= 0.6 is 11.3 Å². The minimum Gasteiger partial charge on any atom is -0.332 e. The molecular formula is C15H25N3OS. The summed E-state index contributed by atoms with van der Waals surface area (Å²) < 4.78 is 0. The van der Waals surface area contributed by atoms with Gasteiger partial charge in [0, 0.05) is 23.7 Å². The van der Waals surface area contributed by atoms with E-state index in [2.05, 4.69) is 38.0 Å². The fourth-order valence-corrected chi connectivity index (χ4v) is 3.58. The molecule has 1 aromatic rings. The van der Waals surface area contributed by atoms with Gasteiger partial charge in [-0.15, -0.1) is 11.3 Å². The molecule has 0 saturated carbocycles. The topological polar surface area (TPSA) is 45.2 Å². The molecular weight excluding hydrogens is 270 g/mol. The van der Waals surface area contributed by atoms with Gasteiger partial charge in [0.25, 0.3) is 0 Å². The maximum atomic E-state index is 12.6. The van der Waals surface area contributed by atoms with Crippen LogP contribution in [0.2, 0.25) is 0 Å². The molecule has 1 saturated heterocycles. The van der Waals surface area contributed by atoms with E-state index in [1.54, 1.807) is 11.3 Å². The molecule has 1 fully saturated rings. The number of likely N-dealkylation sites (tertiary alicyclic amines) is 1. The molecule has 1 aromatic heterocycles. The summed E-state index contributed by atoms with van der Waals surface area (Å²) in [6.07, 6.45) is 4.95. The number of hydrogen-bond donors (Lipinski definition) is 1. The summed E-state index contributed by atoms with van der Waals surface area (Å²) in [7, 11) is 0. The van der Waals surface area contributed by atoms with Gasteiger partial charge in [-0.05, 0) is 26.2 Å². The molecule has 4 nitrogen and oxygen atoms in total. The average Bonchev–Trinajstić information content (AvgIpc) is 2.89. The molecule has 0 aromatic carbocycles. The average molecular weight is 295 g/mol. The Morgan fingerprint density at radius 2 is 2.25 bits per heavy atom. The highest BCUT2D eigenvalue weighted by atomic mass is 32.1. The van der Waals surface area contributed by atoms with Crippen LogP contribution in [0.5, 0.6) is 0 Å². The lowest BCUT2D eigenvalue weighted by molar-refractivity contribution is -0.138. The first-order chi connectivity index (χ1) is 9.52. The number of nitrogens with zero attached hydrogens (tertiary/aromatic N) is 2. The van der Waals surface area contributed by atoms with Gasteiger partial charge in [-0.2, -0.15) is 0 Å². The third-order valence-corrected chi connectivity index (χ3v) is 5.06. The number of carbonyl (C=O) groups excluding carboxylic acids is 1. The number of amides is 1. The first-order valence-corrected chi connectivity index (χ1v) is 8.35. The highest BCUT2D eigenvalue weighted by Crippen LogP contribution is 2.28. The third-order valence-electron chi connectivity index (χ3n) is 3.75. The molecule has 0 aliphatic carbocycles. The number of piperidine rings is 1. The van der Waals surface area contributed by atoms with Crippen molar-refractivity contribution in [3.8, 4) is 0 Å². The second kappa shape index (κ2) is 6.68. The molecule has 5 heteroatoms. The molecule has 2 heterocycles. The van der Waals surface area contributed by atoms with Crippen LogP contribution in [-0.2, 0) is 11.2 Å². The van der Waals surface area contributed by atoms with Crippen molar-refractivity contribution < 1.29 is 4.79 Å². The maximum Gasteiger partial charge on any atom is 0.240 e. The van der Waals surface area contributed by atoms with Crippen molar-refractivity contribution in [3.05, 3.63) is 16.1 Å². The second-order valence-corrected chi connectivity index (χ2v) is 6.89. The van der Waals surface area contributed by atoms with Crippen molar-refractivity contribution >= 4 is 17.2 Å². The van der Waals surface area contributed by atoms with E-state index >= 15 is 0 Å². The summed E-state index contributed by atoms with van der Waals surface area (Å²) in [5.74, 6) is 0.227. The number of thiazole rings is 1. The van der Waals surface area contributed by atoms with Gasteiger partial charge in [-0.3, -0.25) is 4.79 Å². The van der Waals surface area contributed by atoms with Gasteiger partial charge in [0.1, 0.15) is 5.01 Å². The normalized spacial score (nSPS) is 21.6. The minimum absolute atomic E-state index is 0.0307. The highest BCUT2D eigenvalue weighted by Gasteiger charge is 2.33. The van der Waals surface area contributed by atoms with E-state index in [9.17, 15) is 4.79 Å². The Morgan fingerprint density at radius 3 is 2.85 bits per heavy atom. The van der Waals surface area contributed by atoms with Gasteiger partial charge in [-0.1, -0.05) is 20.8 Å². The molecule has 112 valence electrons. The number of aromatic nitrogens is 1. The maximum absolute atomic E-state index is 12.6. The largest absolute Gasteiger partial charge is 0.332 e. The Morgan fingerprint density at radius 1 is 1.50 bits per heavy atom. The molecule has 2 unspecified atom stereocenters. The minimum atomic E-state index is -0.0307. The van der Waals surface area contributed by atoms with Crippen LogP contribution in [0.15, 0.2) is 6.20 Å². The fourth-order valence-electron chi connectivity index (χ4n) is 2.65. The zero-order chi connectivity index (χ0) is 14.7. The van der Waals surface area contributed by atoms with Crippen molar-refractivity contribution in [1.29, 1.82) is 0 Å². The highest BCUT2D eigenvalue weighted by molar-refractivity contribution is 7.11. The number of rotatable bonds is 5. The Kier molecular flexibility index (Phi) is 5.16. The summed E-state index contributed by atoms with van der Waals surface area (Å²) in [6, 6.07) is 0.395. The summed E-state index contributed by atoms with van der Waals surface area (Å²) in [5.41, 5.74) is 0. The first kappa shape index (κ1) is 15.4. The summed E-state index contributed by atoms with van der Waals surface area (Å²) in [5, 5.41) is 4.43. The number of aryl methyl sites for hydroxylation is 1. The smallest absolute Gasteiger partial charge is 0.240 e. The Labute approximate surface area is 125 Å². The van der Waals surface area contributed by atoms with Crippen molar-refractivity contribution in [2.45, 2.75) is 65.1 Å². The molecule has 20 heavy (non-hydrogen) atoms. The molecule has 1 aliphatic rings. The Balaban J connectivity index is 2.08. The van der Waals surface area contributed by atoms with Gasteiger partial charge in [0.05, 0.1) is 12.1 Å².